The number of amides is 1. The van der Waals surface area contributed by atoms with Gasteiger partial charge in [0.1, 0.15) is 0 Å². The number of anilines is 1. The number of hydrogen-bond acceptors (Lipinski definition) is 5. The number of rotatable bonds is 4. The Bertz CT molecular complexity index is 773. The van der Waals surface area contributed by atoms with Gasteiger partial charge in [-0.15, -0.1) is 0 Å². The van der Waals surface area contributed by atoms with Gasteiger partial charge in [-0.05, 0) is 23.0 Å². The highest BCUT2D eigenvalue weighted by Crippen LogP contribution is 2.17. The minimum atomic E-state index is -0.608. The van der Waals surface area contributed by atoms with Crippen LogP contribution in [-0.4, -0.2) is 22.6 Å². The van der Waals surface area contributed by atoms with Crippen LogP contribution in [0.1, 0.15) is 16.1 Å². The highest BCUT2D eigenvalue weighted by molar-refractivity contribution is 5.94. The molecule has 2 heterocycles. The molecule has 0 fully saturated rings. The van der Waals surface area contributed by atoms with E-state index in [0.717, 1.165) is 16.5 Å². The predicted molar refractivity (Wildman–Crippen MR) is 74.2 cm³/mol. The van der Waals surface area contributed by atoms with Crippen molar-refractivity contribution in [2.24, 2.45) is 0 Å². The van der Waals surface area contributed by atoms with Crippen molar-refractivity contribution < 1.29 is 14.3 Å². The van der Waals surface area contributed by atoms with Crippen molar-refractivity contribution in [2.75, 3.05) is 12.3 Å². The molecule has 8 heteroatoms. The number of fused-ring (bicyclic) bond motifs is 1. The molecule has 2 aromatic heterocycles. The second kappa shape index (κ2) is 5.16. The van der Waals surface area contributed by atoms with E-state index in [9.17, 15) is 10.0 Å². The van der Waals surface area contributed by atoms with Crippen molar-refractivity contribution in [3.8, 4) is 0 Å². The Morgan fingerprint density at radius 3 is 3.05 bits per heavy atom. The van der Waals surface area contributed by atoms with Gasteiger partial charge >= 0.3 is 17.4 Å². The molecule has 0 bridgehead atoms. The molecule has 3 rings (SSSR count). The lowest BCUT2D eigenvalue weighted by molar-refractivity contribution is -0.803. The zero-order valence-corrected chi connectivity index (χ0v) is 11.0. The van der Waals surface area contributed by atoms with Gasteiger partial charge in [-0.2, -0.15) is 0 Å². The van der Waals surface area contributed by atoms with Crippen LogP contribution in [0.25, 0.3) is 10.9 Å². The molecule has 0 aliphatic heterocycles. The summed E-state index contributed by atoms with van der Waals surface area (Å²) in [5, 5.41) is 18.1. The fourth-order valence-corrected chi connectivity index (χ4v) is 2.19. The summed E-state index contributed by atoms with van der Waals surface area (Å²) in [5.41, 5.74) is 7.19. The van der Waals surface area contributed by atoms with Gasteiger partial charge in [0, 0.05) is 23.6 Å². The van der Waals surface area contributed by atoms with Crippen molar-refractivity contribution >= 4 is 22.6 Å². The molecule has 0 spiro atoms. The predicted octanol–water partition coefficient (Wildman–Crippen LogP) is 0.344. The maximum absolute atomic E-state index is 11.8. The second-order valence-electron chi connectivity index (χ2n) is 4.53. The zero-order chi connectivity index (χ0) is 14.8. The number of nitrogens with zero attached hydrogens (tertiary/aromatic N) is 2. The lowest BCUT2D eigenvalue weighted by Gasteiger charge is -2.02. The monoisotopic (exact) mass is 287 g/mol. The molecule has 1 amide bonds. The summed E-state index contributed by atoms with van der Waals surface area (Å²) in [5.74, 6) is -0.835. The van der Waals surface area contributed by atoms with E-state index in [0.29, 0.717) is 13.0 Å². The topological polar surface area (TPSA) is 124 Å². The van der Waals surface area contributed by atoms with E-state index in [1.165, 1.54) is 0 Å². The number of hydrogen-bond donors (Lipinski definition) is 3. The molecule has 8 nitrogen and oxygen atoms in total. The Morgan fingerprint density at radius 1 is 1.48 bits per heavy atom. The number of carbonyl (C=O) groups is 1. The van der Waals surface area contributed by atoms with Crippen LogP contribution in [0, 0.1) is 5.21 Å². The molecule has 0 unspecified atom stereocenters. The third-order valence-electron chi connectivity index (χ3n) is 3.21. The van der Waals surface area contributed by atoms with Gasteiger partial charge < -0.3 is 21.2 Å². The highest BCUT2D eigenvalue weighted by atomic mass is 16.8. The number of carbonyl (C=O) groups excluding carboxylic acids is 1. The van der Waals surface area contributed by atoms with Crippen LogP contribution in [0.5, 0.6) is 0 Å². The molecule has 1 aromatic carbocycles. The minimum Gasteiger partial charge on any atom is -0.361 e. The first-order valence-electron chi connectivity index (χ1n) is 6.35. The van der Waals surface area contributed by atoms with Crippen molar-refractivity contribution in [2.45, 2.75) is 6.42 Å². The third kappa shape index (κ3) is 2.38. The van der Waals surface area contributed by atoms with Crippen molar-refractivity contribution in [1.82, 2.24) is 15.5 Å². The number of aromatic nitrogens is 3. The van der Waals surface area contributed by atoms with Gasteiger partial charge in [-0.25, -0.2) is 0 Å². The number of H-pyrrole nitrogens is 1. The van der Waals surface area contributed by atoms with Crippen LogP contribution >= 0.6 is 0 Å². The Labute approximate surface area is 119 Å². The second-order valence-corrected chi connectivity index (χ2v) is 4.53. The number of para-hydroxylation sites is 1. The van der Waals surface area contributed by atoms with Crippen molar-refractivity contribution in [3.63, 3.8) is 0 Å². The molecule has 0 atom stereocenters. The maximum Gasteiger partial charge on any atom is 0.318 e. The molecule has 3 aromatic rings. The first-order valence-corrected chi connectivity index (χ1v) is 6.35. The summed E-state index contributed by atoms with van der Waals surface area (Å²) < 4.78 is 4.25. The fourth-order valence-electron chi connectivity index (χ4n) is 2.19. The quantitative estimate of drug-likeness (QED) is 0.597. The summed E-state index contributed by atoms with van der Waals surface area (Å²) in [4.78, 5) is 15.0. The number of benzene rings is 1. The fraction of sp³-hybridized carbons (Fsp3) is 0.154. The molecule has 0 saturated carbocycles. The normalized spacial score (nSPS) is 10.9. The number of nitrogens with two attached hydrogens (primary N) is 1. The Kier molecular flexibility index (Phi) is 3.19. The largest absolute Gasteiger partial charge is 0.361 e. The third-order valence-corrected chi connectivity index (χ3v) is 3.21. The van der Waals surface area contributed by atoms with E-state index in [1.807, 2.05) is 30.5 Å². The van der Waals surface area contributed by atoms with E-state index >= 15 is 0 Å². The van der Waals surface area contributed by atoms with Gasteiger partial charge in [0.15, 0.2) is 0 Å². The summed E-state index contributed by atoms with van der Waals surface area (Å²) in [6.45, 7) is 0.366. The minimum absolute atomic E-state index is 0.00361. The van der Waals surface area contributed by atoms with E-state index in [1.54, 1.807) is 0 Å². The van der Waals surface area contributed by atoms with Crippen LogP contribution in [0.2, 0.25) is 0 Å². The Balaban J connectivity index is 1.65. The van der Waals surface area contributed by atoms with Crippen LogP contribution in [-0.2, 0) is 6.42 Å². The average Bonchev–Trinajstić information content (AvgIpc) is 3.03. The lowest BCUT2D eigenvalue weighted by atomic mass is 10.1. The maximum atomic E-state index is 11.8. The van der Waals surface area contributed by atoms with Gasteiger partial charge in [0.2, 0.25) is 0 Å². The van der Waals surface area contributed by atoms with Crippen molar-refractivity contribution in [1.29, 1.82) is 0 Å². The van der Waals surface area contributed by atoms with E-state index in [-0.39, 0.29) is 16.4 Å². The van der Waals surface area contributed by atoms with E-state index in [4.69, 9.17) is 5.73 Å². The molecule has 4 N–H and O–H groups in total. The molecule has 0 saturated heterocycles. The smallest absolute Gasteiger partial charge is 0.318 e. The van der Waals surface area contributed by atoms with Crippen molar-refractivity contribution in [3.05, 3.63) is 46.9 Å². The van der Waals surface area contributed by atoms with Gasteiger partial charge in [-0.3, -0.25) is 9.42 Å². The number of aromatic amines is 1. The number of nitrogen functional groups attached to an aromatic ring is 1. The molecular weight excluding hydrogens is 274 g/mol. The van der Waals surface area contributed by atoms with Gasteiger partial charge in [0.25, 0.3) is 0 Å². The summed E-state index contributed by atoms with van der Waals surface area (Å²) >= 11 is 0. The average molecular weight is 287 g/mol. The summed E-state index contributed by atoms with van der Waals surface area (Å²) in [7, 11) is 0. The van der Waals surface area contributed by atoms with Crippen LogP contribution in [0.15, 0.2) is 35.1 Å². The molecule has 108 valence electrons. The lowest BCUT2D eigenvalue weighted by Crippen LogP contribution is -2.38. The van der Waals surface area contributed by atoms with Crippen LogP contribution in [0.3, 0.4) is 0 Å². The van der Waals surface area contributed by atoms with E-state index < -0.39 is 5.91 Å². The van der Waals surface area contributed by atoms with Gasteiger partial charge in [-0.1, -0.05) is 18.2 Å². The first kappa shape index (κ1) is 13.0. The number of nitrogens with one attached hydrogen (secondary N) is 2. The molecule has 0 radical (unpaired) electrons. The van der Waals surface area contributed by atoms with Crippen LogP contribution in [0.4, 0.5) is 5.82 Å². The first-order chi connectivity index (χ1) is 10.2. The highest BCUT2D eigenvalue weighted by Gasteiger charge is 2.23. The summed E-state index contributed by atoms with van der Waals surface area (Å²) in [6, 6.07) is 7.89. The SMILES string of the molecule is Nc1no[n+]([O-])c1C(=O)NCCc1c[nH]c2ccccc12. The molecular formula is C13H13N5O3. The summed E-state index contributed by atoms with van der Waals surface area (Å²) in [6.07, 6.45) is 2.53. The Morgan fingerprint density at radius 2 is 2.29 bits per heavy atom. The molecule has 0 aliphatic rings. The molecule has 0 aliphatic carbocycles. The Hall–Kier alpha value is -3.03. The van der Waals surface area contributed by atoms with Gasteiger partial charge in [0.05, 0.1) is 5.16 Å². The van der Waals surface area contributed by atoms with E-state index in [2.05, 4.69) is 20.1 Å². The van der Waals surface area contributed by atoms with Crippen LogP contribution < -0.4 is 16.0 Å². The zero-order valence-electron chi connectivity index (χ0n) is 11.0. The molecule has 21 heavy (non-hydrogen) atoms. The standard InChI is InChI=1S/C13H13N5O3/c14-12-11(18(20)21-17-12)13(19)15-6-5-8-7-16-10-4-2-1-3-9(8)10/h1-4,7,16H,5-6H2,(H2,14,17)(H,15,19).